The van der Waals surface area contributed by atoms with Crippen molar-refractivity contribution in [1.29, 1.82) is 0 Å². The highest BCUT2D eigenvalue weighted by Gasteiger charge is 2.20. The first-order valence-corrected chi connectivity index (χ1v) is 7.27. The molecule has 0 saturated heterocycles. The summed E-state index contributed by atoms with van der Waals surface area (Å²) < 4.78 is 31.3. The molecule has 6 heteroatoms. The molecule has 124 valence electrons. The minimum atomic E-state index is -0.742. The van der Waals surface area contributed by atoms with E-state index in [1.807, 2.05) is 13.8 Å². The van der Waals surface area contributed by atoms with E-state index in [1.54, 1.807) is 11.9 Å². The largest absolute Gasteiger partial charge is 0.491 e. The Morgan fingerprint density at radius 1 is 1.36 bits per heavy atom. The molecule has 4 nitrogen and oxygen atoms in total. The average Bonchev–Trinajstić information content (AvgIpc) is 2.44. The van der Waals surface area contributed by atoms with E-state index in [0.29, 0.717) is 25.9 Å². The number of carbonyl (C=O) groups excluding carboxylic acids is 1. The number of ether oxygens (including phenoxy) is 1. The van der Waals surface area contributed by atoms with Gasteiger partial charge in [-0.05, 0) is 30.5 Å². The summed E-state index contributed by atoms with van der Waals surface area (Å²) in [6, 6.07) is 3.14. The standard InChI is InChI=1S/C16H24F2N2O2/c1-16(2,10-19)11-20(3)15(21)5-4-8-22-14-7-6-12(17)9-13(14)18/h6-7,9H,4-5,8,10-11,19H2,1-3H3. The van der Waals surface area contributed by atoms with Crippen molar-refractivity contribution < 1.29 is 18.3 Å². The number of hydrogen-bond acceptors (Lipinski definition) is 3. The molecule has 0 aliphatic heterocycles. The zero-order chi connectivity index (χ0) is 16.8. The molecule has 0 unspecified atom stereocenters. The van der Waals surface area contributed by atoms with Crippen LogP contribution in [-0.4, -0.2) is 37.6 Å². The SMILES string of the molecule is CN(CC(C)(C)CN)C(=O)CCCOc1ccc(F)cc1F. The molecule has 0 atom stereocenters. The van der Waals surface area contributed by atoms with Gasteiger partial charge >= 0.3 is 0 Å². The lowest BCUT2D eigenvalue weighted by atomic mass is 9.93. The minimum Gasteiger partial charge on any atom is -0.491 e. The highest BCUT2D eigenvalue weighted by molar-refractivity contribution is 5.75. The van der Waals surface area contributed by atoms with Gasteiger partial charge in [-0.2, -0.15) is 0 Å². The van der Waals surface area contributed by atoms with Gasteiger partial charge in [-0.25, -0.2) is 8.78 Å². The number of rotatable bonds is 8. The number of benzene rings is 1. The molecule has 1 aromatic rings. The maximum atomic E-state index is 13.3. The lowest BCUT2D eigenvalue weighted by Gasteiger charge is -2.29. The van der Waals surface area contributed by atoms with E-state index < -0.39 is 11.6 Å². The third kappa shape index (κ3) is 5.97. The first-order chi connectivity index (χ1) is 10.2. The Morgan fingerprint density at radius 3 is 2.64 bits per heavy atom. The van der Waals surface area contributed by atoms with Crippen molar-refractivity contribution in [3.8, 4) is 5.75 Å². The molecule has 0 fully saturated rings. The fraction of sp³-hybridized carbons (Fsp3) is 0.562. The maximum absolute atomic E-state index is 13.3. The van der Waals surface area contributed by atoms with Crippen molar-refractivity contribution in [3.05, 3.63) is 29.8 Å². The first kappa shape index (κ1) is 18.4. The Hall–Kier alpha value is -1.69. The van der Waals surface area contributed by atoms with Gasteiger partial charge in [-0.15, -0.1) is 0 Å². The molecule has 0 bridgehead atoms. The zero-order valence-electron chi connectivity index (χ0n) is 13.4. The monoisotopic (exact) mass is 314 g/mol. The zero-order valence-corrected chi connectivity index (χ0v) is 13.4. The second-order valence-corrected chi connectivity index (χ2v) is 6.14. The molecular weight excluding hydrogens is 290 g/mol. The van der Waals surface area contributed by atoms with Crippen molar-refractivity contribution >= 4 is 5.91 Å². The molecule has 0 saturated carbocycles. The molecule has 0 spiro atoms. The van der Waals surface area contributed by atoms with Crippen LogP contribution in [0.25, 0.3) is 0 Å². The lowest BCUT2D eigenvalue weighted by Crippen LogP contribution is -2.39. The van der Waals surface area contributed by atoms with Crippen LogP contribution in [0.4, 0.5) is 8.78 Å². The fourth-order valence-electron chi connectivity index (χ4n) is 1.98. The molecule has 0 radical (unpaired) electrons. The summed E-state index contributed by atoms with van der Waals surface area (Å²) >= 11 is 0. The molecule has 1 rings (SSSR count). The number of amides is 1. The summed E-state index contributed by atoms with van der Waals surface area (Å²) in [5, 5.41) is 0. The fourth-order valence-corrected chi connectivity index (χ4v) is 1.98. The normalized spacial score (nSPS) is 11.4. The summed E-state index contributed by atoms with van der Waals surface area (Å²) in [5.74, 6) is -1.41. The first-order valence-electron chi connectivity index (χ1n) is 7.27. The second kappa shape index (κ2) is 8.08. The van der Waals surface area contributed by atoms with Crippen LogP contribution in [-0.2, 0) is 4.79 Å². The van der Waals surface area contributed by atoms with Crippen LogP contribution in [0.3, 0.4) is 0 Å². The van der Waals surface area contributed by atoms with Gasteiger partial charge in [0.25, 0.3) is 0 Å². The minimum absolute atomic E-state index is 0.00790. The molecule has 0 aliphatic carbocycles. The molecule has 0 aromatic heterocycles. The maximum Gasteiger partial charge on any atom is 0.222 e. The van der Waals surface area contributed by atoms with Crippen LogP contribution in [0.1, 0.15) is 26.7 Å². The van der Waals surface area contributed by atoms with Gasteiger partial charge in [0.05, 0.1) is 6.61 Å². The lowest BCUT2D eigenvalue weighted by molar-refractivity contribution is -0.131. The molecule has 0 aliphatic rings. The van der Waals surface area contributed by atoms with Crippen LogP contribution in [0.5, 0.6) is 5.75 Å². The summed E-state index contributed by atoms with van der Waals surface area (Å²) in [7, 11) is 1.74. The van der Waals surface area contributed by atoms with Crippen molar-refractivity contribution in [2.75, 3.05) is 26.7 Å². The van der Waals surface area contributed by atoms with E-state index in [-0.39, 0.29) is 23.7 Å². The van der Waals surface area contributed by atoms with Crippen LogP contribution in [0, 0.1) is 17.0 Å². The number of hydrogen-bond donors (Lipinski definition) is 1. The number of nitrogens with zero attached hydrogens (tertiary/aromatic N) is 1. The van der Waals surface area contributed by atoms with Gasteiger partial charge in [0.1, 0.15) is 5.82 Å². The van der Waals surface area contributed by atoms with Crippen molar-refractivity contribution in [2.24, 2.45) is 11.1 Å². The summed E-state index contributed by atoms with van der Waals surface area (Å²) in [6.45, 7) is 5.27. The molecule has 22 heavy (non-hydrogen) atoms. The van der Waals surface area contributed by atoms with Gasteiger partial charge in [-0.3, -0.25) is 4.79 Å². The smallest absolute Gasteiger partial charge is 0.222 e. The van der Waals surface area contributed by atoms with Gasteiger partial charge in [0, 0.05) is 26.1 Å². The van der Waals surface area contributed by atoms with Gasteiger partial charge in [0.2, 0.25) is 5.91 Å². The highest BCUT2D eigenvalue weighted by atomic mass is 19.1. The van der Waals surface area contributed by atoms with E-state index in [2.05, 4.69) is 0 Å². The number of halogens is 2. The van der Waals surface area contributed by atoms with Crippen molar-refractivity contribution in [2.45, 2.75) is 26.7 Å². The Morgan fingerprint density at radius 2 is 2.05 bits per heavy atom. The molecule has 1 amide bonds. The van der Waals surface area contributed by atoms with Crippen LogP contribution in [0.2, 0.25) is 0 Å². The van der Waals surface area contributed by atoms with Crippen molar-refractivity contribution in [3.63, 3.8) is 0 Å². The Bertz CT molecular complexity index is 507. The van der Waals surface area contributed by atoms with Crippen LogP contribution >= 0.6 is 0 Å². The predicted molar refractivity (Wildman–Crippen MR) is 81.6 cm³/mol. The van der Waals surface area contributed by atoms with Gasteiger partial charge in [0.15, 0.2) is 11.6 Å². The number of nitrogens with two attached hydrogens (primary N) is 1. The van der Waals surface area contributed by atoms with Gasteiger partial charge < -0.3 is 15.4 Å². The molecule has 0 heterocycles. The quantitative estimate of drug-likeness (QED) is 0.750. The summed E-state index contributed by atoms with van der Waals surface area (Å²) in [4.78, 5) is 13.6. The predicted octanol–water partition coefficient (Wildman–Crippen LogP) is 2.57. The van der Waals surface area contributed by atoms with E-state index in [1.165, 1.54) is 6.07 Å². The highest BCUT2D eigenvalue weighted by Crippen LogP contribution is 2.18. The molecular formula is C16H24F2N2O2. The van der Waals surface area contributed by atoms with E-state index in [4.69, 9.17) is 10.5 Å². The van der Waals surface area contributed by atoms with E-state index in [0.717, 1.165) is 12.1 Å². The van der Waals surface area contributed by atoms with Crippen molar-refractivity contribution in [1.82, 2.24) is 4.90 Å². The third-order valence-corrected chi connectivity index (χ3v) is 3.33. The van der Waals surface area contributed by atoms with Gasteiger partial charge in [-0.1, -0.05) is 13.8 Å². The Balaban J connectivity index is 2.33. The van der Waals surface area contributed by atoms with E-state index >= 15 is 0 Å². The average molecular weight is 314 g/mol. The topological polar surface area (TPSA) is 55.6 Å². The Labute approximate surface area is 130 Å². The van der Waals surface area contributed by atoms with E-state index in [9.17, 15) is 13.6 Å². The summed E-state index contributed by atoms with van der Waals surface area (Å²) in [6.07, 6.45) is 0.767. The molecule has 1 aromatic carbocycles. The van der Waals surface area contributed by atoms with Crippen LogP contribution in [0.15, 0.2) is 18.2 Å². The second-order valence-electron chi connectivity index (χ2n) is 6.14. The number of carbonyl (C=O) groups is 1. The third-order valence-electron chi connectivity index (χ3n) is 3.33. The summed E-state index contributed by atoms with van der Waals surface area (Å²) in [5.41, 5.74) is 5.52. The van der Waals surface area contributed by atoms with Crippen LogP contribution < -0.4 is 10.5 Å². The Kier molecular flexibility index (Phi) is 6.74. The molecule has 2 N–H and O–H groups in total.